The van der Waals surface area contributed by atoms with Crippen molar-refractivity contribution in [2.45, 2.75) is 6.92 Å². The fourth-order valence-electron chi connectivity index (χ4n) is 2.44. The van der Waals surface area contributed by atoms with Crippen LogP contribution < -0.4 is 4.90 Å². The SMILES string of the molecule is Cc1nsc(N=Nc2cc(N=Nc3snc4ncccc34)c(O)cc2N(C)C)n1. The quantitative estimate of drug-likeness (QED) is 0.424. The molecule has 3 aromatic heterocycles. The van der Waals surface area contributed by atoms with E-state index in [4.69, 9.17) is 0 Å². The number of aromatic hydroxyl groups is 1. The van der Waals surface area contributed by atoms with Gasteiger partial charge in [-0.25, -0.2) is 9.97 Å². The van der Waals surface area contributed by atoms with Gasteiger partial charge < -0.3 is 10.0 Å². The molecule has 146 valence electrons. The number of rotatable bonds is 5. The summed E-state index contributed by atoms with van der Waals surface area (Å²) in [6.45, 7) is 1.79. The van der Waals surface area contributed by atoms with Gasteiger partial charge in [0.25, 0.3) is 0 Å². The molecule has 0 fully saturated rings. The highest BCUT2D eigenvalue weighted by molar-refractivity contribution is 7.11. The van der Waals surface area contributed by atoms with Crippen molar-refractivity contribution in [3.05, 3.63) is 36.3 Å². The molecule has 29 heavy (non-hydrogen) atoms. The Morgan fingerprint density at radius 2 is 1.83 bits per heavy atom. The third kappa shape index (κ3) is 4.07. The number of azo groups is 2. The maximum absolute atomic E-state index is 10.4. The molecule has 0 bridgehead atoms. The molecule has 0 amide bonds. The van der Waals surface area contributed by atoms with Crippen molar-refractivity contribution < 1.29 is 5.11 Å². The molecule has 4 rings (SSSR count). The van der Waals surface area contributed by atoms with Crippen LogP contribution in [0.1, 0.15) is 5.82 Å². The van der Waals surface area contributed by atoms with Gasteiger partial charge in [-0.15, -0.1) is 20.5 Å². The minimum atomic E-state index is -0.0184. The maximum atomic E-state index is 10.4. The lowest BCUT2D eigenvalue weighted by Crippen LogP contribution is -2.08. The maximum Gasteiger partial charge on any atom is 0.249 e. The van der Waals surface area contributed by atoms with E-state index in [-0.39, 0.29) is 11.4 Å². The number of phenolic OH excluding ortho intramolecular Hbond substituents is 1. The first kappa shape index (κ1) is 19.0. The molecular weight excluding hydrogens is 410 g/mol. The van der Waals surface area contributed by atoms with Gasteiger partial charge in [-0.05, 0) is 36.7 Å². The third-order valence-electron chi connectivity index (χ3n) is 3.80. The van der Waals surface area contributed by atoms with Crippen molar-refractivity contribution in [3.63, 3.8) is 0 Å². The van der Waals surface area contributed by atoms with Gasteiger partial charge in [0.05, 0.1) is 11.1 Å². The predicted molar refractivity (Wildman–Crippen MR) is 113 cm³/mol. The van der Waals surface area contributed by atoms with Crippen LogP contribution in [-0.4, -0.2) is 37.9 Å². The first-order valence-electron chi connectivity index (χ1n) is 8.40. The second-order valence-corrected chi connectivity index (χ2v) is 7.59. The van der Waals surface area contributed by atoms with E-state index in [2.05, 4.69) is 39.2 Å². The number of anilines is 1. The molecule has 0 radical (unpaired) electrons. The molecule has 0 aliphatic rings. The Morgan fingerprint density at radius 1 is 1.00 bits per heavy atom. The van der Waals surface area contributed by atoms with E-state index in [9.17, 15) is 5.11 Å². The normalized spacial score (nSPS) is 11.8. The lowest BCUT2D eigenvalue weighted by atomic mass is 10.2. The topological polar surface area (TPSA) is 124 Å². The number of aromatic nitrogens is 4. The average molecular weight is 426 g/mol. The molecule has 3 heterocycles. The smallest absolute Gasteiger partial charge is 0.249 e. The molecule has 4 aromatic rings. The average Bonchev–Trinajstić information content (AvgIpc) is 3.31. The standard InChI is InChI=1S/C17H15N9OS2/c1-9-19-17(29-24-9)23-20-11-7-12(14(27)8-13(11)26(2)3)21-22-16-10-5-4-6-18-15(10)25-28-16/h4-8,27H,1-3H3. The van der Waals surface area contributed by atoms with Crippen molar-refractivity contribution in [1.29, 1.82) is 0 Å². The zero-order chi connectivity index (χ0) is 20.4. The second-order valence-electron chi connectivity index (χ2n) is 6.11. The second kappa shape index (κ2) is 7.93. The van der Waals surface area contributed by atoms with Gasteiger partial charge in [0.15, 0.2) is 10.6 Å². The Kier molecular flexibility index (Phi) is 5.18. The number of fused-ring (bicyclic) bond motifs is 1. The number of aryl methyl sites for hydroxylation is 1. The fraction of sp³-hybridized carbons (Fsp3) is 0.176. The molecule has 0 spiro atoms. The molecule has 0 saturated carbocycles. The minimum Gasteiger partial charge on any atom is -0.506 e. The van der Waals surface area contributed by atoms with Crippen molar-refractivity contribution in [3.8, 4) is 5.75 Å². The summed E-state index contributed by atoms with van der Waals surface area (Å²) < 4.78 is 8.32. The minimum absolute atomic E-state index is 0.0184. The summed E-state index contributed by atoms with van der Waals surface area (Å²) in [6, 6.07) is 6.87. The van der Waals surface area contributed by atoms with Gasteiger partial charge in [-0.3, -0.25) is 0 Å². The Labute approximate surface area is 173 Å². The Bertz CT molecular complexity index is 1230. The van der Waals surface area contributed by atoms with Gasteiger partial charge in [0.2, 0.25) is 5.13 Å². The molecule has 0 aliphatic carbocycles. The van der Waals surface area contributed by atoms with Gasteiger partial charge in [-0.1, -0.05) is 0 Å². The first-order chi connectivity index (χ1) is 14.0. The van der Waals surface area contributed by atoms with E-state index in [0.717, 1.165) is 16.9 Å². The molecule has 0 aliphatic heterocycles. The summed E-state index contributed by atoms with van der Waals surface area (Å²) in [4.78, 5) is 10.2. The van der Waals surface area contributed by atoms with Gasteiger partial charge in [0, 0.05) is 37.9 Å². The molecular formula is C17H15N9OS2. The molecule has 0 saturated heterocycles. The molecule has 0 unspecified atom stereocenters. The third-order valence-corrected chi connectivity index (χ3v) is 5.23. The first-order valence-corrected chi connectivity index (χ1v) is 9.94. The van der Waals surface area contributed by atoms with Gasteiger partial charge >= 0.3 is 0 Å². The van der Waals surface area contributed by atoms with Crippen molar-refractivity contribution in [2.75, 3.05) is 19.0 Å². The van der Waals surface area contributed by atoms with E-state index in [1.165, 1.54) is 11.5 Å². The zero-order valence-corrected chi connectivity index (χ0v) is 17.3. The van der Waals surface area contributed by atoms with E-state index in [0.29, 0.717) is 33.0 Å². The number of hydrogen-bond donors (Lipinski definition) is 1. The van der Waals surface area contributed by atoms with Gasteiger partial charge in [0.1, 0.15) is 22.9 Å². The van der Waals surface area contributed by atoms with Crippen molar-refractivity contribution >= 4 is 61.3 Å². The van der Waals surface area contributed by atoms with Crippen molar-refractivity contribution in [1.82, 2.24) is 18.7 Å². The summed E-state index contributed by atoms with van der Waals surface area (Å²) in [6.07, 6.45) is 1.67. The summed E-state index contributed by atoms with van der Waals surface area (Å²) in [5.41, 5.74) is 2.08. The highest BCUT2D eigenvalue weighted by Crippen LogP contribution is 2.41. The molecule has 12 heteroatoms. The van der Waals surface area contributed by atoms with Crippen LogP contribution in [0.15, 0.2) is 50.9 Å². The summed E-state index contributed by atoms with van der Waals surface area (Å²) in [5.74, 6) is 0.623. The van der Waals surface area contributed by atoms with Crippen LogP contribution in [0, 0.1) is 6.92 Å². The van der Waals surface area contributed by atoms with E-state index in [1.54, 1.807) is 25.3 Å². The predicted octanol–water partition coefficient (Wildman–Crippen LogP) is 5.45. The largest absolute Gasteiger partial charge is 0.506 e. The molecule has 1 N–H and O–H groups in total. The van der Waals surface area contributed by atoms with Crippen LogP contribution in [0.5, 0.6) is 5.75 Å². The monoisotopic (exact) mass is 425 g/mol. The van der Waals surface area contributed by atoms with E-state index < -0.39 is 0 Å². The number of hydrogen-bond acceptors (Lipinski definition) is 12. The number of pyridine rings is 1. The highest BCUT2D eigenvalue weighted by Gasteiger charge is 2.12. The number of nitrogens with zero attached hydrogens (tertiary/aromatic N) is 9. The van der Waals surface area contributed by atoms with Crippen LogP contribution in [-0.2, 0) is 0 Å². The fourth-order valence-corrected chi connectivity index (χ4v) is 3.60. The van der Waals surface area contributed by atoms with Crippen LogP contribution >= 0.6 is 23.1 Å². The summed E-state index contributed by atoms with van der Waals surface area (Å²) in [5, 5.41) is 29.1. The van der Waals surface area contributed by atoms with Crippen LogP contribution in [0.25, 0.3) is 11.0 Å². The van der Waals surface area contributed by atoms with Crippen molar-refractivity contribution in [2.24, 2.45) is 20.5 Å². The summed E-state index contributed by atoms with van der Waals surface area (Å²) in [7, 11) is 3.70. The Hall–Kier alpha value is -3.38. The van der Waals surface area contributed by atoms with Crippen LogP contribution in [0.4, 0.5) is 27.2 Å². The van der Waals surface area contributed by atoms with E-state index >= 15 is 0 Å². The molecule has 0 atom stereocenters. The van der Waals surface area contributed by atoms with Gasteiger partial charge in [-0.2, -0.15) is 8.75 Å². The van der Waals surface area contributed by atoms with Crippen LogP contribution in [0.2, 0.25) is 0 Å². The van der Waals surface area contributed by atoms with E-state index in [1.807, 2.05) is 31.1 Å². The summed E-state index contributed by atoms with van der Waals surface area (Å²) >= 11 is 2.35. The Balaban J connectivity index is 1.70. The lowest BCUT2D eigenvalue weighted by molar-refractivity contribution is 0.476. The number of phenols is 1. The number of benzene rings is 1. The highest BCUT2D eigenvalue weighted by atomic mass is 32.1. The zero-order valence-electron chi connectivity index (χ0n) is 15.7. The Morgan fingerprint density at radius 3 is 2.59 bits per heavy atom. The van der Waals surface area contributed by atoms with Crippen LogP contribution in [0.3, 0.4) is 0 Å². The lowest BCUT2D eigenvalue weighted by Gasteiger charge is -2.15. The molecule has 10 nitrogen and oxygen atoms in total. The molecule has 1 aromatic carbocycles.